The van der Waals surface area contributed by atoms with Gasteiger partial charge in [0, 0.05) is 26.7 Å². The summed E-state index contributed by atoms with van der Waals surface area (Å²) in [6.45, 7) is 7.34. The molecule has 1 aliphatic heterocycles. The number of nitrogens with zero attached hydrogens (tertiary/aromatic N) is 5. The fraction of sp³-hybridized carbons (Fsp3) is 0.458. The SMILES string of the molecule is CC1CC(C)CN(c2nnc(SCC(=O)N(C)Cc3ccc(F)cc3)n2Cc2ccco2)C1. The first-order valence-electron chi connectivity index (χ1n) is 11.2. The van der Waals surface area contributed by atoms with Gasteiger partial charge in [0.05, 0.1) is 18.6 Å². The standard InChI is InChI=1S/C24H30FN5O2S/c1-17-11-18(2)13-29(12-17)23-26-27-24(30(23)15-21-5-4-10-32-21)33-16-22(31)28(3)14-19-6-8-20(25)9-7-19/h4-10,17-18H,11-16H2,1-3H3. The lowest BCUT2D eigenvalue weighted by molar-refractivity contribution is -0.127. The van der Waals surface area contributed by atoms with E-state index in [0.717, 1.165) is 30.4 Å². The van der Waals surface area contributed by atoms with Crippen LogP contribution in [-0.2, 0) is 17.9 Å². The minimum Gasteiger partial charge on any atom is -0.467 e. The molecule has 1 fully saturated rings. The number of benzene rings is 1. The van der Waals surface area contributed by atoms with Gasteiger partial charge in [-0.15, -0.1) is 10.2 Å². The van der Waals surface area contributed by atoms with Crippen LogP contribution in [0.4, 0.5) is 10.3 Å². The van der Waals surface area contributed by atoms with E-state index in [0.29, 0.717) is 30.1 Å². The van der Waals surface area contributed by atoms with Crippen LogP contribution in [0.15, 0.2) is 52.2 Å². The van der Waals surface area contributed by atoms with E-state index in [1.165, 1.54) is 30.3 Å². The number of rotatable bonds is 8. The number of amides is 1. The first kappa shape index (κ1) is 23.4. The van der Waals surface area contributed by atoms with Crippen LogP contribution >= 0.6 is 11.8 Å². The van der Waals surface area contributed by atoms with E-state index in [-0.39, 0.29) is 17.5 Å². The van der Waals surface area contributed by atoms with Gasteiger partial charge < -0.3 is 14.2 Å². The lowest BCUT2D eigenvalue weighted by Crippen LogP contribution is -2.40. The summed E-state index contributed by atoms with van der Waals surface area (Å²) in [5, 5.41) is 9.62. The van der Waals surface area contributed by atoms with Crippen molar-refractivity contribution in [3.8, 4) is 0 Å². The zero-order valence-corrected chi connectivity index (χ0v) is 20.1. The maximum Gasteiger partial charge on any atom is 0.233 e. The van der Waals surface area contributed by atoms with Crippen LogP contribution in [-0.4, -0.2) is 51.5 Å². The Morgan fingerprint density at radius 2 is 1.91 bits per heavy atom. The molecule has 1 amide bonds. The molecule has 9 heteroatoms. The third-order valence-electron chi connectivity index (χ3n) is 5.83. The van der Waals surface area contributed by atoms with Crippen molar-refractivity contribution in [2.45, 2.75) is 38.5 Å². The number of furan rings is 1. The molecule has 2 aromatic heterocycles. The molecule has 2 unspecified atom stereocenters. The van der Waals surface area contributed by atoms with Gasteiger partial charge in [-0.3, -0.25) is 9.36 Å². The number of hydrogen-bond donors (Lipinski definition) is 0. The Bertz CT molecular complexity index is 1040. The highest BCUT2D eigenvalue weighted by atomic mass is 32.2. The molecule has 1 aliphatic rings. The van der Waals surface area contributed by atoms with Crippen LogP contribution in [0.1, 0.15) is 31.6 Å². The van der Waals surface area contributed by atoms with Crippen molar-refractivity contribution in [2.75, 3.05) is 30.8 Å². The zero-order valence-electron chi connectivity index (χ0n) is 19.3. The lowest BCUT2D eigenvalue weighted by Gasteiger charge is -2.35. The van der Waals surface area contributed by atoms with Crippen LogP contribution in [0.2, 0.25) is 0 Å². The second kappa shape index (κ2) is 10.4. The van der Waals surface area contributed by atoms with E-state index in [1.807, 2.05) is 16.7 Å². The molecular formula is C24H30FN5O2S. The van der Waals surface area contributed by atoms with Crippen LogP contribution in [0.3, 0.4) is 0 Å². The minimum atomic E-state index is -0.285. The van der Waals surface area contributed by atoms with Crippen LogP contribution in [0, 0.1) is 17.7 Å². The molecule has 2 atom stereocenters. The van der Waals surface area contributed by atoms with Crippen LogP contribution < -0.4 is 4.90 Å². The van der Waals surface area contributed by atoms with Crippen molar-refractivity contribution >= 4 is 23.6 Å². The van der Waals surface area contributed by atoms with Gasteiger partial charge in [0.15, 0.2) is 5.16 Å². The van der Waals surface area contributed by atoms with E-state index in [1.54, 1.807) is 30.3 Å². The number of halogens is 1. The number of aromatic nitrogens is 3. The second-order valence-corrected chi connectivity index (χ2v) is 9.91. The molecule has 0 N–H and O–H groups in total. The monoisotopic (exact) mass is 471 g/mol. The third kappa shape index (κ3) is 5.96. The molecule has 0 radical (unpaired) electrons. The van der Waals surface area contributed by atoms with Gasteiger partial charge in [-0.2, -0.15) is 0 Å². The molecule has 0 spiro atoms. The number of anilines is 1. The van der Waals surface area contributed by atoms with Crippen LogP contribution in [0.5, 0.6) is 0 Å². The number of piperidine rings is 1. The Kier molecular flexibility index (Phi) is 7.37. The molecule has 0 aliphatic carbocycles. The minimum absolute atomic E-state index is 0.0290. The summed E-state index contributed by atoms with van der Waals surface area (Å²) in [5.74, 6) is 2.72. The molecule has 3 heterocycles. The smallest absolute Gasteiger partial charge is 0.233 e. The van der Waals surface area contributed by atoms with Crippen molar-refractivity contribution in [3.05, 3.63) is 59.8 Å². The average molecular weight is 472 g/mol. The topological polar surface area (TPSA) is 67.4 Å². The number of carbonyl (C=O) groups excluding carboxylic acids is 1. The van der Waals surface area contributed by atoms with Gasteiger partial charge in [0.1, 0.15) is 11.6 Å². The van der Waals surface area contributed by atoms with Gasteiger partial charge in [-0.25, -0.2) is 4.39 Å². The quantitative estimate of drug-likeness (QED) is 0.457. The molecule has 0 bridgehead atoms. The molecular weight excluding hydrogens is 441 g/mol. The Morgan fingerprint density at radius 1 is 1.18 bits per heavy atom. The largest absolute Gasteiger partial charge is 0.467 e. The summed E-state index contributed by atoms with van der Waals surface area (Å²) < 4.78 is 20.8. The highest BCUT2D eigenvalue weighted by molar-refractivity contribution is 7.99. The molecule has 1 aromatic carbocycles. The van der Waals surface area contributed by atoms with Crippen LogP contribution in [0.25, 0.3) is 0 Å². The van der Waals surface area contributed by atoms with E-state index < -0.39 is 0 Å². The highest BCUT2D eigenvalue weighted by Crippen LogP contribution is 2.29. The van der Waals surface area contributed by atoms with Gasteiger partial charge in [-0.1, -0.05) is 37.7 Å². The lowest BCUT2D eigenvalue weighted by atomic mass is 9.92. The van der Waals surface area contributed by atoms with Gasteiger partial charge >= 0.3 is 0 Å². The van der Waals surface area contributed by atoms with Crippen molar-refractivity contribution in [1.29, 1.82) is 0 Å². The zero-order chi connectivity index (χ0) is 23.4. The second-order valence-electron chi connectivity index (χ2n) is 8.96. The third-order valence-corrected chi connectivity index (χ3v) is 6.78. The summed E-state index contributed by atoms with van der Waals surface area (Å²) in [6.07, 6.45) is 2.87. The van der Waals surface area contributed by atoms with Gasteiger partial charge in [0.25, 0.3) is 0 Å². The predicted octanol–water partition coefficient (Wildman–Crippen LogP) is 4.29. The molecule has 7 nitrogen and oxygen atoms in total. The summed E-state index contributed by atoms with van der Waals surface area (Å²) in [6, 6.07) is 10.00. The number of thioether (sulfide) groups is 1. The molecule has 176 valence electrons. The van der Waals surface area contributed by atoms with E-state index >= 15 is 0 Å². The van der Waals surface area contributed by atoms with E-state index in [9.17, 15) is 9.18 Å². The van der Waals surface area contributed by atoms with Crippen molar-refractivity contribution in [1.82, 2.24) is 19.7 Å². The Labute approximate surface area is 198 Å². The van der Waals surface area contributed by atoms with Crippen molar-refractivity contribution in [3.63, 3.8) is 0 Å². The maximum atomic E-state index is 13.1. The van der Waals surface area contributed by atoms with E-state index in [4.69, 9.17) is 4.42 Å². The fourth-order valence-corrected chi connectivity index (χ4v) is 5.21. The molecule has 1 saturated heterocycles. The highest BCUT2D eigenvalue weighted by Gasteiger charge is 2.27. The van der Waals surface area contributed by atoms with Crippen molar-refractivity contribution in [2.24, 2.45) is 11.8 Å². The summed E-state index contributed by atoms with van der Waals surface area (Å²) in [7, 11) is 1.75. The summed E-state index contributed by atoms with van der Waals surface area (Å²) >= 11 is 1.37. The summed E-state index contributed by atoms with van der Waals surface area (Å²) in [4.78, 5) is 16.7. The Balaban J connectivity index is 1.46. The fourth-order valence-electron chi connectivity index (χ4n) is 4.33. The Hall–Kier alpha value is -2.81. The predicted molar refractivity (Wildman–Crippen MR) is 127 cm³/mol. The molecule has 33 heavy (non-hydrogen) atoms. The number of hydrogen-bond acceptors (Lipinski definition) is 6. The Morgan fingerprint density at radius 3 is 2.58 bits per heavy atom. The number of carbonyl (C=O) groups is 1. The van der Waals surface area contributed by atoms with Crippen molar-refractivity contribution < 1.29 is 13.6 Å². The normalized spacial score (nSPS) is 18.5. The average Bonchev–Trinajstić information content (AvgIpc) is 3.43. The van der Waals surface area contributed by atoms with E-state index in [2.05, 4.69) is 28.9 Å². The molecule has 0 saturated carbocycles. The summed E-state index contributed by atoms with van der Waals surface area (Å²) in [5.41, 5.74) is 0.883. The molecule has 3 aromatic rings. The van der Waals surface area contributed by atoms with Gasteiger partial charge in [-0.05, 0) is 48.1 Å². The first-order chi connectivity index (χ1) is 15.9. The molecule has 4 rings (SSSR count). The van der Waals surface area contributed by atoms with Gasteiger partial charge in [0.2, 0.25) is 11.9 Å². The first-order valence-corrected chi connectivity index (χ1v) is 12.2. The maximum absolute atomic E-state index is 13.1.